The summed E-state index contributed by atoms with van der Waals surface area (Å²) in [5, 5.41) is 0. The molecule has 2 aliphatic rings. The molecule has 4 rings (SSSR count). The van der Waals surface area contributed by atoms with E-state index < -0.39 is 0 Å². The van der Waals surface area contributed by atoms with Gasteiger partial charge in [0.15, 0.2) is 0 Å². The second-order valence-electron chi connectivity index (χ2n) is 8.69. The molecule has 0 unspecified atom stereocenters. The lowest BCUT2D eigenvalue weighted by Gasteiger charge is -2.33. The van der Waals surface area contributed by atoms with Gasteiger partial charge in [-0.1, -0.05) is 42.5 Å². The van der Waals surface area contributed by atoms with E-state index in [-0.39, 0.29) is 0 Å². The number of hydrogen-bond donors (Lipinski definition) is 0. The van der Waals surface area contributed by atoms with Crippen molar-refractivity contribution >= 4 is 5.91 Å². The standard InChI is InChI=1S/C26H34N2O3/c29-26(28-15-17-30-18-16-28)13-10-22-7-4-14-27(19-22)20-23-8-11-25(12-9-23)31-21-24-5-2-1-3-6-24/h1-3,5-6,8-9,11-12,22H,4,7,10,13-21H2/t22-/m0/s1. The van der Waals surface area contributed by atoms with E-state index >= 15 is 0 Å². The Bertz CT molecular complexity index is 803. The van der Waals surface area contributed by atoms with Crippen molar-refractivity contribution < 1.29 is 14.3 Å². The molecule has 0 aromatic heterocycles. The van der Waals surface area contributed by atoms with Crippen LogP contribution < -0.4 is 4.74 Å². The van der Waals surface area contributed by atoms with Crippen molar-refractivity contribution in [2.45, 2.75) is 38.8 Å². The third kappa shape index (κ3) is 6.81. The van der Waals surface area contributed by atoms with Crippen LogP contribution in [0.1, 0.15) is 36.8 Å². The van der Waals surface area contributed by atoms with Gasteiger partial charge in [-0.2, -0.15) is 0 Å². The van der Waals surface area contributed by atoms with E-state index in [0.717, 1.165) is 44.9 Å². The second-order valence-corrected chi connectivity index (χ2v) is 8.69. The predicted molar refractivity (Wildman–Crippen MR) is 122 cm³/mol. The van der Waals surface area contributed by atoms with Crippen molar-refractivity contribution in [2.75, 3.05) is 39.4 Å². The van der Waals surface area contributed by atoms with Crippen molar-refractivity contribution in [1.29, 1.82) is 0 Å². The van der Waals surface area contributed by atoms with E-state index in [1.165, 1.54) is 24.0 Å². The number of likely N-dealkylation sites (tertiary alicyclic amines) is 1. The molecule has 0 aliphatic carbocycles. The summed E-state index contributed by atoms with van der Waals surface area (Å²) in [5.41, 5.74) is 2.50. The molecular formula is C26H34N2O3. The minimum absolute atomic E-state index is 0.298. The number of piperidine rings is 1. The van der Waals surface area contributed by atoms with E-state index in [9.17, 15) is 4.79 Å². The highest BCUT2D eigenvalue weighted by Gasteiger charge is 2.23. The maximum atomic E-state index is 12.4. The molecule has 0 spiro atoms. The lowest BCUT2D eigenvalue weighted by Crippen LogP contribution is -2.41. The molecule has 166 valence electrons. The number of benzene rings is 2. The second kappa shape index (κ2) is 11.3. The summed E-state index contributed by atoms with van der Waals surface area (Å²) in [6.45, 7) is 6.65. The molecule has 1 amide bonds. The first-order chi connectivity index (χ1) is 15.3. The molecule has 0 radical (unpaired) electrons. The molecule has 2 heterocycles. The average molecular weight is 423 g/mol. The summed E-state index contributed by atoms with van der Waals surface area (Å²) in [6.07, 6.45) is 4.12. The first-order valence-electron chi connectivity index (χ1n) is 11.6. The molecule has 1 atom stereocenters. The van der Waals surface area contributed by atoms with Crippen LogP contribution in [0.25, 0.3) is 0 Å². The summed E-state index contributed by atoms with van der Waals surface area (Å²) >= 11 is 0. The van der Waals surface area contributed by atoms with E-state index in [4.69, 9.17) is 9.47 Å². The van der Waals surface area contributed by atoms with Gasteiger partial charge in [-0.25, -0.2) is 0 Å². The van der Waals surface area contributed by atoms with Gasteiger partial charge in [-0.05, 0) is 55.0 Å². The molecule has 0 N–H and O–H groups in total. The quantitative estimate of drug-likeness (QED) is 0.642. The van der Waals surface area contributed by atoms with Gasteiger partial charge in [0.05, 0.1) is 13.2 Å². The fourth-order valence-corrected chi connectivity index (χ4v) is 4.52. The Balaban J connectivity index is 1.20. The third-order valence-corrected chi connectivity index (χ3v) is 6.31. The maximum Gasteiger partial charge on any atom is 0.222 e. The van der Waals surface area contributed by atoms with Gasteiger partial charge >= 0.3 is 0 Å². The minimum Gasteiger partial charge on any atom is -0.489 e. The summed E-state index contributed by atoms with van der Waals surface area (Å²) in [7, 11) is 0. The normalized spacial score (nSPS) is 19.9. The molecular weight excluding hydrogens is 388 g/mol. The number of ether oxygens (including phenoxy) is 2. The number of carbonyl (C=O) groups excluding carboxylic acids is 1. The summed E-state index contributed by atoms with van der Waals surface area (Å²) in [4.78, 5) is 16.9. The lowest BCUT2D eigenvalue weighted by molar-refractivity contribution is -0.135. The lowest BCUT2D eigenvalue weighted by atomic mass is 9.93. The van der Waals surface area contributed by atoms with Gasteiger partial charge in [0, 0.05) is 32.6 Å². The van der Waals surface area contributed by atoms with Crippen LogP contribution in [0.4, 0.5) is 0 Å². The Labute approximate surface area is 185 Å². The zero-order valence-electron chi connectivity index (χ0n) is 18.4. The Morgan fingerprint density at radius 1 is 0.968 bits per heavy atom. The van der Waals surface area contributed by atoms with Crippen molar-refractivity contribution in [3.8, 4) is 5.75 Å². The topological polar surface area (TPSA) is 42.0 Å². The minimum atomic E-state index is 0.298. The number of carbonyl (C=O) groups is 1. The highest BCUT2D eigenvalue weighted by Crippen LogP contribution is 2.24. The maximum absolute atomic E-state index is 12.4. The van der Waals surface area contributed by atoms with Crippen LogP contribution in [0.15, 0.2) is 54.6 Å². The van der Waals surface area contributed by atoms with Crippen LogP contribution in [0.3, 0.4) is 0 Å². The molecule has 0 bridgehead atoms. The Morgan fingerprint density at radius 2 is 1.74 bits per heavy atom. The Kier molecular flexibility index (Phi) is 7.97. The third-order valence-electron chi connectivity index (χ3n) is 6.31. The first-order valence-corrected chi connectivity index (χ1v) is 11.6. The zero-order valence-corrected chi connectivity index (χ0v) is 18.4. The van der Waals surface area contributed by atoms with Gasteiger partial charge in [0.2, 0.25) is 5.91 Å². The van der Waals surface area contributed by atoms with Crippen LogP contribution >= 0.6 is 0 Å². The van der Waals surface area contributed by atoms with Crippen LogP contribution in [0, 0.1) is 5.92 Å². The van der Waals surface area contributed by atoms with E-state index in [2.05, 4.69) is 41.3 Å². The van der Waals surface area contributed by atoms with Gasteiger partial charge in [-0.15, -0.1) is 0 Å². The highest BCUT2D eigenvalue weighted by atomic mass is 16.5. The number of amides is 1. The average Bonchev–Trinajstić information content (AvgIpc) is 2.83. The van der Waals surface area contributed by atoms with Crippen LogP contribution in [0.2, 0.25) is 0 Å². The molecule has 2 fully saturated rings. The van der Waals surface area contributed by atoms with E-state index in [1.54, 1.807) is 0 Å². The van der Waals surface area contributed by atoms with Gasteiger partial charge in [-0.3, -0.25) is 9.69 Å². The fraction of sp³-hybridized carbons (Fsp3) is 0.500. The molecule has 2 aromatic carbocycles. The van der Waals surface area contributed by atoms with Gasteiger partial charge < -0.3 is 14.4 Å². The van der Waals surface area contributed by atoms with Crippen LogP contribution in [-0.4, -0.2) is 55.1 Å². The Morgan fingerprint density at radius 3 is 2.52 bits per heavy atom. The molecule has 0 saturated carbocycles. The molecule has 5 heteroatoms. The van der Waals surface area contributed by atoms with E-state index in [1.807, 2.05) is 23.1 Å². The fourth-order valence-electron chi connectivity index (χ4n) is 4.52. The van der Waals surface area contributed by atoms with Crippen molar-refractivity contribution in [2.24, 2.45) is 5.92 Å². The number of nitrogens with zero attached hydrogens (tertiary/aromatic N) is 2. The van der Waals surface area contributed by atoms with Gasteiger partial charge in [0.25, 0.3) is 0 Å². The van der Waals surface area contributed by atoms with Gasteiger partial charge in [0.1, 0.15) is 12.4 Å². The zero-order chi connectivity index (χ0) is 21.3. The largest absolute Gasteiger partial charge is 0.489 e. The highest BCUT2D eigenvalue weighted by molar-refractivity contribution is 5.76. The molecule has 5 nitrogen and oxygen atoms in total. The van der Waals surface area contributed by atoms with Crippen LogP contribution in [-0.2, 0) is 22.7 Å². The molecule has 2 aliphatic heterocycles. The summed E-state index contributed by atoms with van der Waals surface area (Å²) < 4.78 is 11.2. The first kappa shape index (κ1) is 21.8. The number of rotatable bonds is 8. The smallest absolute Gasteiger partial charge is 0.222 e. The number of morpholine rings is 1. The van der Waals surface area contributed by atoms with Crippen molar-refractivity contribution in [3.63, 3.8) is 0 Å². The van der Waals surface area contributed by atoms with Crippen LogP contribution in [0.5, 0.6) is 5.75 Å². The monoisotopic (exact) mass is 422 g/mol. The predicted octanol–water partition coefficient (Wildman–Crippen LogP) is 4.12. The number of hydrogen-bond acceptors (Lipinski definition) is 4. The van der Waals surface area contributed by atoms with Crippen molar-refractivity contribution in [3.05, 3.63) is 65.7 Å². The molecule has 31 heavy (non-hydrogen) atoms. The summed E-state index contributed by atoms with van der Waals surface area (Å²) in [5.74, 6) is 1.82. The van der Waals surface area contributed by atoms with Crippen molar-refractivity contribution in [1.82, 2.24) is 9.80 Å². The van der Waals surface area contributed by atoms with E-state index in [0.29, 0.717) is 38.1 Å². The summed E-state index contributed by atoms with van der Waals surface area (Å²) in [6, 6.07) is 18.7. The Hall–Kier alpha value is -2.37. The SMILES string of the molecule is O=C(CC[C@@H]1CCCN(Cc2ccc(OCc3ccccc3)cc2)C1)N1CCOCC1. The molecule has 2 aromatic rings. The molecule has 2 saturated heterocycles.